The molecule has 0 aliphatic carbocycles. The number of carbonyl (C=O) groups is 2. The van der Waals surface area contributed by atoms with Crippen LogP contribution in [0.4, 0.5) is 0 Å². The third-order valence-electron chi connectivity index (χ3n) is 3.01. The zero-order chi connectivity index (χ0) is 15.2. The van der Waals surface area contributed by atoms with Gasteiger partial charge >= 0.3 is 5.97 Å². The standard InChI is InChI=1S/C16H17NO4/c1-3-12-7-4-5-8-13(12)21-16(19)11(2)17-15(18)14-9-6-10-20-14/h4-11H,3H2,1-2H3,(H,17,18)/t11-/m1/s1. The van der Waals surface area contributed by atoms with Crippen molar-refractivity contribution in [2.24, 2.45) is 0 Å². The van der Waals surface area contributed by atoms with E-state index in [1.54, 1.807) is 25.1 Å². The van der Waals surface area contributed by atoms with Gasteiger partial charge in [0, 0.05) is 0 Å². The first-order valence-corrected chi connectivity index (χ1v) is 6.75. The van der Waals surface area contributed by atoms with Crippen molar-refractivity contribution in [3.8, 4) is 5.75 Å². The summed E-state index contributed by atoms with van der Waals surface area (Å²) < 4.78 is 10.3. The smallest absolute Gasteiger partial charge is 0.333 e. The number of hydrogen-bond acceptors (Lipinski definition) is 4. The molecule has 0 saturated heterocycles. The van der Waals surface area contributed by atoms with E-state index in [0.29, 0.717) is 5.75 Å². The van der Waals surface area contributed by atoms with Gasteiger partial charge in [-0.15, -0.1) is 0 Å². The first kappa shape index (κ1) is 14.8. The van der Waals surface area contributed by atoms with Gasteiger partial charge in [-0.05, 0) is 37.1 Å². The zero-order valence-electron chi connectivity index (χ0n) is 12.0. The van der Waals surface area contributed by atoms with Crippen molar-refractivity contribution >= 4 is 11.9 Å². The molecule has 1 atom stereocenters. The summed E-state index contributed by atoms with van der Waals surface area (Å²) in [6.07, 6.45) is 2.16. The molecule has 110 valence electrons. The van der Waals surface area contributed by atoms with E-state index in [4.69, 9.17) is 9.15 Å². The maximum Gasteiger partial charge on any atom is 0.333 e. The van der Waals surface area contributed by atoms with Gasteiger partial charge in [-0.3, -0.25) is 4.79 Å². The summed E-state index contributed by atoms with van der Waals surface area (Å²) >= 11 is 0. The van der Waals surface area contributed by atoms with E-state index in [9.17, 15) is 9.59 Å². The van der Waals surface area contributed by atoms with Gasteiger partial charge in [0.15, 0.2) is 5.76 Å². The van der Waals surface area contributed by atoms with Gasteiger partial charge in [0.2, 0.25) is 0 Å². The number of nitrogens with one attached hydrogen (secondary N) is 1. The maximum atomic E-state index is 12.0. The van der Waals surface area contributed by atoms with E-state index < -0.39 is 17.9 Å². The Morgan fingerprint density at radius 2 is 2.00 bits per heavy atom. The number of rotatable bonds is 5. The second-order valence-electron chi connectivity index (χ2n) is 4.55. The summed E-state index contributed by atoms with van der Waals surface area (Å²) in [7, 11) is 0. The molecule has 0 radical (unpaired) electrons. The van der Waals surface area contributed by atoms with Crippen LogP contribution in [0.15, 0.2) is 47.1 Å². The number of ether oxygens (including phenoxy) is 1. The van der Waals surface area contributed by atoms with Gasteiger partial charge in [0.25, 0.3) is 5.91 Å². The quantitative estimate of drug-likeness (QED) is 0.678. The lowest BCUT2D eigenvalue weighted by atomic mass is 10.1. The molecule has 0 saturated carbocycles. The van der Waals surface area contributed by atoms with E-state index in [2.05, 4.69) is 5.32 Å². The highest BCUT2D eigenvalue weighted by molar-refractivity contribution is 5.94. The lowest BCUT2D eigenvalue weighted by molar-refractivity contribution is -0.136. The fraction of sp³-hybridized carbons (Fsp3) is 0.250. The third-order valence-corrected chi connectivity index (χ3v) is 3.01. The Balaban J connectivity index is 1.98. The van der Waals surface area contributed by atoms with Crippen LogP contribution in [-0.4, -0.2) is 17.9 Å². The summed E-state index contributed by atoms with van der Waals surface area (Å²) in [4.78, 5) is 23.8. The van der Waals surface area contributed by atoms with E-state index in [0.717, 1.165) is 12.0 Å². The fourth-order valence-corrected chi connectivity index (χ4v) is 1.83. The van der Waals surface area contributed by atoms with E-state index in [1.807, 2.05) is 19.1 Å². The first-order valence-electron chi connectivity index (χ1n) is 6.75. The van der Waals surface area contributed by atoms with Gasteiger partial charge in [0.1, 0.15) is 11.8 Å². The minimum Gasteiger partial charge on any atom is -0.459 e. The molecule has 21 heavy (non-hydrogen) atoms. The van der Waals surface area contributed by atoms with Crippen molar-refractivity contribution in [3.63, 3.8) is 0 Å². The molecule has 5 heteroatoms. The molecule has 0 unspecified atom stereocenters. The van der Waals surface area contributed by atoms with Gasteiger partial charge in [-0.2, -0.15) is 0 Å². The SMILES string of the molecule is CCc1ccccc1OC(=O)[C@@H](C)NC(=O)c1ccco1. The van der Waals surface area contributed by atoms with E-state index in [-0.39, 0.29) is 5.76 Å². The second-order valence-corrected chi connectivity index (χ2v) is 4.55. The van der Waals surface area contributed by atoms with Crippen molar-refractivity contribution in [2.75, 3.05) is 0 Å². The first-order chi connectivity index (χ1) is 10.1. The van der Waals surface area contributed by atoms with Crippen LogP contribution >= 0.6 is 0 Å². The number of esters is 1. The van der Waals surface area contributed by atoms with Crippen molar-refractivity contribution in [1.29, 1.82) is 0 Å². The lowest BCUT2D eigenvalue weighted by Crippen LogP contribution is -2.40. The molecule has 1 aromatic heterocycles. The number of furan rings is 1. The average molecular weight is 287 g/mol. The highest BCUT2D eigenvalue weighted by atomic mass is 16.5. The molecule has 1 aromatic carbocycles. The van der Waals surface area contributed by atoms with Crippen LogP contribution in [0.25, 0.3) is 0 Å². The fourth-order valence-electron chi connectivity index (χ4n) is 1.83. The Hall–Kier alpha value is -2.56. The Morgan fingerprint density at radius 1 is 1.24 bits per heavy atom. The average Bonchev–Trinajstić information content (AvgIpc) is 3.02. The molecule has 1 amide bonds. The highest BCUT2D eigenvalue weighted by Gasteiger charge is 2.20. The molecule has 0 bridgehead atoms. The number of carbonyl (C=O) groups excluding carboxylic acids is 2. The third kappa shape index (κ3) is 3.72. The number of aryl methyl sites for hydroxylation is 1. The second kappa shape index (κ2) is 6.74. The van der Waals surface area contributed by atoms with Crippen LogP contribution in [0, 0.1) is 0 Å². The van der Waals surface area contributed by atoms with E-state index in [1.165, 1.54) is 12.3 Å². The molecular formula is C16H17NO4. The highest BCUT2D eigenvalue weighted by Crippen LogP contribution is 2.18. The molecular weight excluding hydrogens is 270 g/mol. The Labute approximate surface area is 122 Å². The van der Waals surface area contributed by atoms with Crippen LogP contribution in [0.2, 0.25) is 0 Å². The minimum absolute atomic E-state index is 0.156. The predicted molar refractivity (Wildman–Crippen MR) is 77.1 cm³/mol. The largest absolute Gasteiger partial charge is 0.459 e. The van der Waals surface area contributed by atoms with Crippen LogP contribution in [-0.2, 0) is 11.2 Å². The number of amides is 1. The Bertz CT molecular complexity index is 619. The molecule has 0 spiro atoms. The topological polar surface area (TPSA) is 68.5 Å². The molecule has 0 aliphatic heterocycles. The molecule has 2 aromatic rings. The monoisotopic (exact) mass is 287 g/mol. The van der Waals surface area contributed by atoms with Crippen molar-refractivity contribution in [3.05, 3.63) is 54.0 Å². The number of hydrogen-bond donors (Lipinski definition) is 1. The van der Waals surface area contributed by atoms with Crippen molar-refractivity contribution in [1.82, 2.24) is 5.32 Å². The minimum atomic E-state index is -0.771. The van der Waals surface area contributed by atoms with Crippen LogP contribution < -0.4 is 10.1 Å². The van der Waals surface area contributed by atoms with E-state index >= 15 is 0 Å². The molecule has 1 heterocycles. The molecule has 0 aliphatic rings. The van der Waals surface area contributed by atoms with Crippen LogP contribution in [0.1, 0.15) is 30.0 Å². The van der Waals surface area contributed by atoms with Crippen LogP contribution in [0.5, 0.6) is 5.75 Å². The zero-order valence-corrected chi connectivity index (χ0v) is 12.0. The molecule has 2 rings (SSSR count). The summed E-state index contributed by atoms with van der Waals surface area (Å²) in [5.74, 6) is -0.295. The molecule has 5 nitrogen and oxygen atoms in total. The number of para-hydroxylation sites is 1. The Kier molecular flexibility index (Phi) is 4.77. The predicted octanol–water partition coefficient (Wildman–Crippen LogP) is 2.57. The van der Waals surface area contributed by atoms with Crippen molar-refractivity contribution in [2.45, 2.75) is 26.3 Å². The van der Waals surface area contributed by atoms with Crippen molar-refractivity contribution < 1.29 is 18.7 Å². The van der Waals surface area contributed by atoms with Gasteiger partial charge < -0.3 is 14.5 Å². The summed E-state index contributed by atoms with van der Waals surface area (Å²) in [6, 6.07) is 9.68. The molecule has 1 N–H and O–H groups in total. The lowest BCUT2D eigenvalue weighted by Gasteiger charge is -2.14. The van der Waals surface area contributed by atoms with Gasteiger partial charge in [-0.25, -0.2) is 4.79 Å². The van der Waals surface area contributed by atoms with Gasteiger partial charge in [0.05, 0.1) is 6.26 Å². The van der Waals surface area contributed by atoms with Gasteiger partial charge in [-0.1, -0.05) is 25.1 Å². The molecule has 0 fully saturated rings. The summed E-state index contributed by atoms with van der Waals surface area (Å²) in [6.45, 7) is 3.55. The normalized spacial score (nSPS) is 11.7. The summed E-state index contributed by atoms with van der Waals surface area (Å²) in [5, 5.41) is 2.53. The summed E-state index contributed by atoms with van der Waals surface area (Å²) in [5.41, 5.74) is 0.940. The van der Waals surface area contributed by atoms with Crippen LogP contribution in [0.3, 0.4) is 0 Å². The number of benzene rings is 1. The maximum absolute atomic E-state index is 12.0. The Morgan fingerprint density at radius 3 is 2.67 bits per heavy atom.